The van der Waals surface area contributed by atoms with E-state index in [1.165, 1.54) is 0 Å². The summed E-state index contributed by atoms with van der Waals surface area (Å²) in [7, 11) is 1.57. The summed E-state index contributed by atoms with van der Waals surface area (Å²) in [6.07, 6.45) is 3.42. The van der Waals surface area contributed by atoms with Crippen LogP contribution in [0.1, 0.15) is 41.3 Å². The number of pyridine rings is 1. The maximum atomic E-state index is 12.4. The van der Waals surface area contributed by atoms with Gasteiger partial charge in [-0.1, -0.05) is 19.9 Å². The van der Waals surface area contributed by atoms with E-state index >= 15 is 0 Å². The standard InChI is InChI=1S/C17H20N2O2/c1-12(2)14-4-5-16(21-3)15(10-14)17(20)19-11-13-6-8-18-9-7-13/h4-10,12H,11H2,1-3H3,(H,19,20). The molecule has 0 aliphatic heterocycles. The van der Waals surface area contributed by atoms with Crippen molar-refractivity contribution >= 4 is 5.91 Å². The lowest BCUT2D eigenvalue weighted by Crippen LogP contribution is -2.23. The van der Waals surface area contributed by atoms with Gasteiger partial charge in [-0.15, -0.1) is 0 Å². The zero-order chi connectivity index (χ0) is 15.2. The van der Waals surface area contributed by atoms with Crippen LogP contribution in [0.3, 0.4) is 0 Å². The van der Waals surface area contributed by atoms with Crippen LogP contribution in [-0.2, 0) is 6.54 Å². The molecule has 0 fully saturated rings. The minimum Gasteiger partial charge on any atom is -0.496 e. The van der Waals surface area contributed by atoms with Gasteiger partial charge < -0.3 is 10.1 Å². The lowest BCUT2D eigenvalue weighted by atomic mass is 10.00. The van der Waals surface area contributed by atoms with Crippen LogP contribution in [0.4, 0.5) is 0 Å². The summed E-state index contributed by atoms with van der Waals surface area (Å²) in [4.78, 5) is 16.3. The second-order valence-electron chi connectivity index (χ2n) is 5.15. The number of nitrogens with one attached hydrogen (secondary N) is 1. The van der Waals surface area contributed by atoms with Crippen LogP contribution in [0.25, 0.3) is 0 Å². The van der Waals surface area contributed by atoms with E-state index in [1.54, 1.807) is 19.5 Å². The molecule has 2 aromatic rings. The SMILES string of the molecule is COc1ccc(C(C)C)cc1C(=O)NCc1ccncc1. The Morgan fingerprint density at radius 1 is 1.24 bits per heavy atom. The zero-order valence-corrected chi connectivity index (χ0v) is 12.6. The Kier molecular flexibility index (Phi) is 4.93. The summed E-state index contributed by atoms with van der Waals surface area (Å²) in [6, 6.07) is 9.48. The van der Waals surface area contributed by atoms with Gasteiger partial charge in [-0.3, -0.25) is 9.78 Å². The van der Waals surface area contributed by atoms with Crippen LogP contribution in [0.5, 0.6) is 5.75 Å². The molecule has 0 bridgehead atoms. The van der Waals surface area contributed by atoms with E-state index in [9.17, 15) is 4.79 Å². The van der Waals surface area contributed by atoms with E-state index in [-0.39, 0.29) is 5.91 Å². The average molecular weight is 284 g/mol. The fourth-order valence-corrected chi connectivity index (χ4v) is 2.04. The van der Waals surface area contributed by atoms with Crippen molar-refractivity contribution in [2.45, 2.75) is 26.3 Å². The highest BCUT2D eigenvalue weighted by atomic mass is 16.5. The number of hydrogen-bond acceptors (Lipinski definition) is 3. The van der Waals surface area contributed by atoms with Crippen LogP contribution >= 0.6 is 0 Å². The van der Waals surface area contributed by atoms with E-state index in [2.05, 4.69) is 24.1 Å². The van der Waals surface area contributed by atoms with Crippen LogP contribution in [-0.4, -0.2) is 18.0 Å². The number of carbonyl (C=O) groups excluding carboxylic acids is 1. The number of carbonyl (C=O) groups is 1. The molecular weight excluding hydrogens is 264 g/mol. The Morgan fingerprint density at radius 2 is 1.95 bits per heavy atom. The molecule has 0 spiro atoms. The highest BCUT2D eigenvalue weighted by Crippen LogP contribution is 2.24. The topological polar surface area (TPSA) is 51.2 Å². The summed E-state index contributed by atoms with van der Waals surface area (Å²) in [5.41, 5.74) is 2.69. The van der Waals surface area contributed by atoms with Gasteiger partial charge in [0.2, 0.25) is 0 Å². The Labute approximate surface area is 125 Å². The number of aromatic nitrogens is 1. The highest BCUT2D eigenvalue weighted by Gasteiger charge is 2.14. The third kappa shape index (κ3) is 3.81. The number of benzene rings is 1. The number of hydrogen-bond donors (Lipinski definition) is 1. The Balaban J connectivity index is 2.15. The number of methoxy groups -OCH3 is 1. The van der Waals surface area contributed by atoms with Gasteiger partial charge in [0, 0.05) is 18.9 Å². The van der Waals surface area contributed by atoms with Crippen molar-refractivity contribution in [2.24, 2.45) is 0 Å². The van der Waals surface area contributed by atoms with Crippen molar-refractivity contribution in [3.63, 3.8) is 0 Å². The molecule has 0 aliphatic rings. The third-order valence-electron chi connectivity index (χ3n) is 3.34. The lowest BCUT2D eigenvalue weighted by molar-refractivity contribution is 0.0947. The summed E-state index contributed by atoms with van der Waals surface area (Å²) >= 11 is 0. The minimum absolute atomic E-state index is 0.133. The van der Waals surface area contributed by atoms with Crippen molar-refractivity contribution in [2.75, 3.05) is 7.11 Å². The van der Waals surface area contributed by atoms with Gasteiger partial charge in [0.15, 0.2) is 0 Å². The molecule has 1 aromatic heterocycles. The average Bonchev–Trinajstić information content (AvgIpc) is 2.52. The molecule has 0 saturated heterocycles. The molecule has 2 rings (SSSR count). The van der Waals surface area contributed by atoms with Gasteiger partial charge in [-0.25, -0.2) is 0 Å². The van der Waals surface area contributed by atoms with Gasteiger partial charge in [-0.2, -0.15) is 0 Å². The molecule has 110 valence electrons. The van der Waals surface area contributed by atoms with Crippen molar-refractivity contribution in [1.82, 2.24) is 10.3 Å². The van der Waals surface area contributed by atoms with Crippen LogP contribution in [0.2, 0.25) is 0 Å². The fraction of sp³-hybridized carbons (Fsp3) is 0.294. The van der Waals surface area contributed by atoms with E-state index in [0.717, 1.165) is 11.1 Å². The second-order valence-corrected chi connectivity index (χ2v) is 5.15. The molecule has 1 N–H and O–H groups in total. The number of nitrogens with zero attached hydrogens (tertiary/aromatic N) is 1. The largest absolute Gasteiger partial charge is 0.496 e. The second kappa shape index (κ2) is 6.88. The molecular formula is C17H20N2O2. The lowest BCUT2D eigenvalue weighted by Gasteiger charge is -2.13. The van der Waals surface area contributed by atoms with Crippen molar-refractivity contribution in [3.8, 4) is 5.75 Å². The summed E-state index contributed by atoms with van der Waals surface area (Å²) in [6.45, 7) is 4.66. The highest BCUT2D eigenvalue weighted by molar-refractivity contribution is 5.97. The first-order valence-electron chi connectivity index (χ1n) is 6.97. The molecule has 1 heterocycles. The zero-order valence-electron chi connectivity index (χ0n) is 12.6. The molecule has 0 unspecified atom stereocenters. The number of rotatable bonds is 5. The van der Waals surface area contributed by atoms with E-state index in [0.29, 0.717) is 23.8 Å². The van der Waals surface area contributed by atoms with Crippen LogP contribution in [0, 0.1) is 0 Å². The Hall–Kier alpha value is -2.36. The number of ether oxygens (including phenoxy) is 1. The number of amides is 1. The summed E-state index contributed by atoms with van der Waals surface area (Å²) in [5.74, 6) is 0.820. The summed E-state index contributed by atoms with van der Waals surface area (Å²) < 4.78 is 5.28. The summed E-state index contributed by atoms with van der Waals surface area (Å²) in [5, 5.41) is 2.91. The molecule has 4 nitrogen and oxygen atoms in total. The van der Waals surface area contributed by atoms with Gasteiger partial charge in [0.05, 0.1) is 12.7 Å². The van der Waals surface area contributed by atoms with Gasteiger partial charge in [0.1, 0.15) is 5.75 Å². The molecule has 0 saturated carbocycles. The smallest absolute Gasteiger partial charge is 0.255 e. The minimum atomic E-state index is -0.133. The molecule has 0 aliphatic carbocycles. The molecule has 4 heteroatoms. The Bertz CT molecular complexity index is 609. The van der Waals surface area contributed by atoms with Crippen LogP contribution in [0.15, 0.2) is 42.7 Å². The maximum absolute atomic E-state index is 12.4. The fourth-order valence-electron chi connectivity index (χ4n) is 2.04. The first kappa shape index (κ1) is 15.0. The molecule has 1 amide bonds. The quantitative estimate of drug-likeness (QED) is 0.917. The normalized spacial score (nSPS) is 10.5. The molecule has 1 aromatic carbocycles. The van der Waals surface area contributed by atoms with Crippen molar-refractivity contribution in [1.29, 1.82) is 0 Å². The van der Waals surface area contributed by atoms with Gasteiger partial charge in [0.25, 0.3) is 5.91 Å². The first-order valence-corrected chi connectivity index (χ1v) is 6.97. The molecule has 0 radical (unpaired) electrons. The molecule has 0 atom stereocenters. The van der Waals surface area contributed by atoms with Gasteiger partial charge in [-0.05, 0) is 41.3 Å². The maximum Gasteiger partial charge on any atom is 0.255 e. The van der Waals surface area contributed by atoms with E-state index < -0.39 is 0 Å². The Morgan fingerprint density at radius 3 is 2.57 bits per heavy atom. The first-order chi connectivity index (χ1) is 10.1. The molecule has 21 heavy (non-hydrogen) atoms. The van der Waals surface area contributed by atoms with Crippen molar-refractivity contribution in [3.05, 3.63) is 59.4 Å². The predicted octanol–water partition coefficient (Wildman–Crippen LogP) is 3.14. The van der Waals surface area contributed by atoms with E-state index in [1.807, 2.05) is 30.3 Å². The van der Waals surface area contributed by atoms with Gasteiger partial charge >= 0.3 is 0 Å². The third-order valence-corrected chi connectivity index (χ3v) is 3.34. The monoisotopic (exact) mass is 284 g/mol. The predicted molar refractivity (Wildman–Crippen MR) is 82.5 cm³/mol. The van der Waals surface area contributed by atoms with Crippen LogP contribution < -0.4 is 10.1 Å². The van der Waals surface area contributed by atoms with E-state index in [4.69, 9.17) is 4.74 Å². The van der Waals surface area contributed by atoms with Crippen molar-refractivity contribution < 1.29 is 9.53 Å².